The molecule has 0 amide bonds. The van der Waals surface area contributed by atoms with Gasteiger partial charge in [0.15, 0.2) is 5.82 Å². The van der Waals surface area contributed by atoms with Crippen LogP contribution >= 0.6 is 0 Å². The Bertz CT molecular complexity index is 873. The van der Waals surface area contributed by atoms with Crippen LogP contribution in [0.5, 0.6) is 5.75 Å². The molecule has 0 saturated carbocycles. The van der Waals surface area contributed by atoms with Gasteiger partial charge in [-0.25, -0.2) is 12.7 Å². The zero-order chi connectivity index (χ0) is 19.4. The van der Waals surface area contributed by atoms with Gasteiger partial charge in [-0.2, -0.15) is 4.98 Å². The third kappa shape index (κ3) is 5.06. The molecule has 0 atom stereocenters. The molecule has 1 N–H and O–H groups in total. The Kier molecular flexibility index (Phi) is 6.13. The van der Waals surface area contributed by atoms with Crippen molar-refractivity contribution in [2.75, 3.05) is 26.5 Å². The predicted octanol–water partition coefficient (Wildman–Crippen LogP) is 1.82. The molecule has 1 aliphatic heterocycles. The molecule has 1 saturated heterocycles. The minimum Gasteiger partial charge on any atom is -0.496 e. The van der Waals surface area contributed by atoms with Crippen molar-refractivity contribution in [3.8, 4) is 5.75 Å². The van der Waals surface area contributed by atoms with Gasteiger partial charge in [0, 0.05) is 25.6 Å². The van der Waals surface area contributed by atoms with Gasteiger partial charge in [0.05, 0.1) is 19.9 Å². The maximum atomic E-state index is 11.6. The smallest absolute Gasteiger partial charge is 0.240 e. The first-order valence-electron chi connectivity index (χ1n) is 8.98. The van der Waals surface area contributed by atoms with Crippen molar-refractivity contribution in [2.24, 2.45) is 0 Å². The van der Waals surface area contributed by atoms with Crippen LogP contribution in [-0.4, -0.2) is 49.3 Å². The SMILES string of the molecule is COc1ccc(CNCc2nc(C3CCN(S(C)(=O)=O)CC3)no2)cc1C. The average molecular weight is 394 g/mol. The average Bonchev–Trinajstić information content (AvgIpc) is 3.10. The van der Waals surface area contributed by atoms with Crippen LogP contribution in [0.4, 0.5) is 0 Å². The highest BCUT2D eigenvalue weighted by Crippen LogP contribution is 2.27. The van der Waals surface area contributed by atoms with Crippen molar-refractivity contribution < 1.29 is 17.7 Å². The van der Waals surface area contributed by atoms with E-state index in [0.29, 0.717) is 50.7 Å². The van der Waals surface area contributed by atoms with E-state index in [4.69, 9.17) is 9.26 Å². The summed E-state index contributed by atoms with van der Waals surface area (Å²) in [5.41, 5.74) is 2.25. The molecule has 148 valence electrons. The summed E-state index contributed by atoms with van der Waals surface area (Å²) in [5.74, 6) is 2.23. The van der Waals surface area contributed by atoms with Gasteiger partial charge in [-0.15, -0.1) is 0 Å². The normalized spacial score (nSPS) is 16.6. The first-order valence-corrected chi connectivity index (χ1v) is 10.8. The van der Waals surface area contributed by atoms with E-state index in [1.54, 1.807) is 7.11 Å². The molecule has 27 heavy (non-hydrogen) atoms. The van der Waals surface area contributed by atoms with Gasteiger partial charge in [-0.3, -0.25) is 0 Å². The van der Waals surface area contributed by atoms with Crippen molar-refractivity contribution in [1.29, 1.82) is 0 Å². The predicted molar refractivity (Wildman–Crippen MR) is 101 cm³/mol. The number of nitrogens with zero attached hydrogens (tertiary/aromatic N) is 3. The maximum Gasteiger partial charge on any atom is 0.240 e. The summed E-state index contributed by atoms with van der Waals surface area (Å²) in [4.78, 5) is 4.47. The maximum absolute atomic E-state index is 11.6. The second-order valence-corrected chi connectivity index (χ2v) is 8.87. The van der Waals surface area contributed by atoms with Gasteiger partial charge in [0.1, 0.15) is 5.75 Å². The molecule has 3 rings (SSSR count). The molecular weight excluding hydrogens is 368 g/mol. The summed E-state index contributed by atoms with van der Waals surface area (Å²) in [6.07, 6.45) is 2.67. The van der Waals surface area contributed by atoms with E-state index in [-0.39, 0.29) is 5.92 Å². The minimum absolute atomic E-state index is 0.143. The Morgan fingerprint density at radius 1 is 1.30 bits per heavy atom. The van der Waals surface area contributed by atoms with Crippen LogP contribution < -0.4 is 10.1 Å². The summed E-state index contributed by atoms with van der Waals surface area (Å²) in [7, 11) is -1.46. The molecule has 8 nitrogen and oxygen atoms in total. The largest absolute Gasteiger partial charge is 0.496 e. The fraction of sp³-hybridized carbons (Fsp3) is 0.556. The number of rotatable bonds is 7. The molecule has 0 spiro atoms. The van der Waals surface area contributed by atoms with Crippen LogP contribution in [0.3, 0.4) is 0 Å². The number of sulfonamides is 1. The molecule has 0 bridgehead atoms. The number of methoxy groups -OCH3 is 1. The number of hydrogen-bond donors (Lipinski definition) is 1. The number of benzene rings is 1. The lowest BCUT2D eigenvalue weighted by Crippen LogP contribution is -2.37. The van der Waals surface area contributed by atoms with Crippen LogP contribution in [0.1, 0.15) is 41.6 Å². The van der Waals surface area contributed by atoms with Crippen LogP contribution in [0, 0.1) is 6.92 Å². The Labute approximate surface area is 160 Å². The zero-order valence-electron chi connectivity index (χ0n) is 15.9. The number of aromatic nitrogens is 2. The second kappa shape index (κ2) is 8.37. The number of ether oxygens (including phenoxy) is 1. The van der Waals surface area contributed by atoms with Crippen LogP contribution in [-0.2, 0) is 23.1 Å². The highest BCUT2D eigenvalue weighted by Gasteiger charge is 2.28. The van der Waals surface area contributed by atoms with E-state index in [9.17, 15) is 8.42 Å². The van der Waals surface area contributed by atoms with Gasteiger partial charge >= 0.3 is 0 Å². The van der Waals surface area contributed by atoms with Gasteiger partial charge < -0.3 is 14.6 Å². The summed E-state index contributed by atoms with van der Waals surface area (Å²) in [6, 6.07) is 6.06. The minimum atomic E-state index is -3.12. The fourth-order valence-electron chi connectivity index (χ4n) is 3.32. The fourth-order valence-corrected chi connectivity index (χ4v) is 4.19. The van der Waals surface area contributed by atoms with Crippen molar-refractivity contribution in [2.45, 2.75) is 38.8 Å². The standard InChI is InChI=1S/C18H26N4O4S/c1-13-10-14(4-5-16(13)25-2)11-19-12-17-20-18(21-26-17)15-6-8-22(9-7-15)27(3,23)24/h4-5,10,15,19H,6-9,11-12H2,1-3H3. The lowest BCUT2D eigenvalue weighted by Gasteiger charge is -2.28. The third-order valence-corrected chi connectivity index (χ3v) is 6.14. The first kappa shape index (κ1) is 19.8. The molecule has 0 radical (unpaired) electrons. The number of nitrogens with one attached hydrogen (secondary N) is 1. The Morgan fingerprint density at radius 2 is 2.04 bits per heavy atom. The van der Waals surface area contributed by atoms with Crippen molar-refractivity contribution in [3.63, 3.8) is 0 Å². The third-order valence-electron chi connectivity index (χ3n) is 4.84. The quantitative estimate of drug-likeness (QED) is 0.765. The van der Waals surface area contributed by atoms with Crippen molar-refractivity contribution in [3.05, 3.63) is 41.0 Å². The second-order valence-electron chi connectivity index (χ2n) is 6.89. The van der Waals surface area contributed by atoms with Gasteiger partial charge in [0.25, 0.3) is 0 Å². The summed E-state index contributed by atoms with van der Waals surface area (Å²) in [6.45, 7) is 4.20. The monoisotopic (exact) mass is 394 g/mol. The molecule has 1 aliphatic rings. The van der Waals surface area contributed by atoms with Crippen LogP contribution in [0.25, 0.3) is 0 Å². The zero-order valence-corrected chi connectivity index (χ0v) is 16.8. The molecule has 9 heteroatoms. The summed E-state index contributed by atoms with van der Waals surface area (Å²) < 4.78 is 35.3. The number of aryl methyl sites for hydroxylation is 1. The highest BCUT2D eigenvalue weighted by molar-refractivity contribution is 7.88. The first-order chi connectivity index (χ1) is 12.9. The van der Waals surface area contributed by atoms with E-state index in [1.165, 1.54) is 10.6 Å². The lowest BCUT2D eigenvalue weighted by atomic mass is 9.98. The summed E-state index contributed by atoms with van der Waals surface area (Å²) in [5, 5.41) is 7.38. The molecule has 1 aromatic heterocycles. The molecule has 2 heterocycles. The topological polar surface area (TPSA) is 97.6 Å². The van der Waals surface area contributed by atoms with E-state index in [1.807, 2.05) is 19.1 Å². The van der Waals surface area contributed by atoms with Gasteiger partial charge in [-0.1, -0.05) is 17.3 Å². The van der Waals surface area contributed by atoms with E-state index < -0.39 is 10.0 Å². The Morgan fingerprint density at radius 3 is 2.67 bits per heavy atom. The molecular formula is C18H26N4O4S. The van der Waals surface area contributed by atoms with Crippen molar-refractivity contribution >= 4 is 10.0 Å². The molecule has 1 aromatic carbocycles. The van der Waals surface area contributed by atoms with Crippen LogP contribution in [0.15, 0.2) is 22.7 Å². The highest BCUT2D eigenvalue weighted by atomic mass is 32.2. The Hall–Kier alpha value is -1.97. The van der Waals surface area contributed by atoms with E-state index in [0.717, 1.165) is 16.9 Å². The van der Waals surface area contributed by atoms with Crippen LogP contribution in [0.2, 0.25) is 0 Å². The Balaban J connectivity index is 1.49. The lowest BCUT2D eigenvalue weighted by molar-refractivity contribution is 0.306. The molecule has 0 unspecified atom stereocenters. The van der Waals surface area contributed by atoms with E-state index >= 15 is 0 Å². The molecule has 0 aliphatic carbocycles. The van der Waals surface area contributed by atoms with E-state index in [2.05, 4.69) is 21.5 Å². The number of piperidine rings is 1. The van der Waals surface area contributed by atoms with Gasteiger partial charge in [-0.05, 0) is 37.0 Å². The number of hydrogen-bond acceptors (Lipinski definition) is 7. The van der Waals surface area contributed by atoms with Gasteiger partial charge in [0.2, 0.25) is 15.9 Å². The molecule has 1 fully saturated rings. The van der Waals surface area contributed by atoms with Crippen molar-refractivity contribution in [1.82, 2.24) is 19.8 Å². The summed E-state index contributed by atoms with van der Waals surface area (Å²) >= 11 is 0. The molecule has 2 aromatic rings.